The molecule has 0 bridgehead atoms. The Morgan fingerprint density at radius 1 is 0.852 bits per heavy atom. The summed E-state index contributed by atoms with van der Waals surface area (Å²) in [7, 11) is -4.44. The van der Waals surface area contributed by atoms with Crippen molar-refractivity contribution >= 4 is 10.0 Å². The maximum Gasteiger partial charge on any atom is 0.417 e. The molecule has 142 valence electrons. The third kappa shape index (κ3) is 4.40. The van der Waals surface area contributed by atoms with Gasteiger partial charge in [-0.25, -0.2) is 8.42 Å². The molecular formula is C19H16F3NO3S. The van der Waals surface area contributed by atoms with Gasteiger partial charge in [0.15, 0.2) is 0 Å². The first kappa shape index (κ1) is 19.2. The van der Waals surface area contributed by atoms with Crippen molar-refractivity contribution < 1.29 is 26.0 Å². The summed E-state index contributed by atoms with van der Waals surface area (Å²) in [6, 6.07) is 16.0. The lowest BCUT2D eigenvalue weighted by atomic mass is 10.2. The fourth-order valence-corrected chi connectivity index (χ4v) is 4.26. The van der Waals surface area contributed by atoms with Crippen LogP contribution in [0.2, 0.25) is 0 Å². The molecule has 1 aromatic heterocycles. The summed E-state index contributed by atoms with van der Waals surface area (Å²) < 4.78 is 72.4. The summed E-state index contributed by atoms with van der Waals surface area (Å²) in [4.78, 5) is -0.778. The van der Waals surface area contributed by atoms with Gasteiger partial charge in [-0.1, -0.05) is 42.5 Å². The van der Waals surface area contributed by atoms with E-state index in [1.165, 1.54) is 12.3 Å². The third-order valence-electron chi connectivity index (χ3n) is 3.92. The van der Waals surface area contributed by atoms with Gasteiger partial charge in [-0.15, -0.1) is 0 Å². The smallest absolute Gasteiger partial charge is 0.417 e. The molecule has 0 saturated carbocycles. The lowest BCUT2D eigenvalue weighted by Crippen LogP contribution is -2.31. The van der Waals surface area contributed by atoms with Crippen molar-refractivity contribution in [2.45, 2.75) is 24.2 Å². The van der Waals surface area contributed by atoms with Crippen molar-refractivity contribution in [3.8, 4) is 0 Å². The summed E-state index contributed by atoms with van der Waals surface area (Å²) in [5, 5.41) is 0. The van der Waals surface area contributed by atoms with Crippen LogP contribution in [-0.4, -0.2) is 12.7 Å². The molecule has 0 aliphatic rings. The predicted molar refractivity (Wildman–Crippen MR) is 93.0 cm³/mol. The first-order chi connectivity index (χ1) is 12.8. The first-order valence-electron chi connectivity index (χ1n) is 8.01. The maximum absolute atomic E-state index is 13.3. The molecule has 0 N–H and O–H groups in total. The van der Waals surface area contributed by atoms with Crippen LogP contribution in [0, 0.1) is 0 Å². The van der Waals surface area contributed by atoms with Crippen LogP contribution in [0.3, 0.4) is 0 Å². The summed E-state index contributed by atoms with van der Waals surface area (Å²) in [5.74, 6) is 0.332. The number of hydrogen-bond donors (Lipinski definition) is 0. The van der Waals surface area contributed by atoms with Gasteiger partial charge in [-0.2, -0.15) is 17.5 Å². The highest BCUT2D eigenvalue weighted by atomic mass is 32.2. The molecule has 0 fully saturated rings. The number of sulfonamides is 1. The molecule has 1 heterocycles. The van der Waals surface area contributed by atoms with E-state index >= 15 is 0 Å². The van der Waals surface area contributed by atoms with Gasteiger partial charge in [0.25, 0.3) is 0 Å². The zero-order valence-electron chi connectivity index (χ0n) is 14.1. The second-order valence-corrected chi connectivity index (χ2v) is 7.74. The van der Waals surface area contributed by atoms with Crippen molar-refractivity contribution in [3.63, 3.8) is 0 Å². The van der Waals surface area contributed by atoms with Crippen molar-refractivity contribution in [2.24, 2.45) is 0 Å². The van der Waals surface area contributed by atoms with Gasteiger partial charge < -0.3 is 4.42 Å². The van der Waals surface area contributed by atoms with Gasteiger partial charge in [0.1, 0.15) is 5.76 Å². The fraction of sp³-hybridized carbons (Fsp3) is 0.158. The van der Waals surface area contributed by atoms with E-state index in [2.05, 4.69) is 0 Å². The topological polar surface area (TPSA) is 50.5 Å². The van der Waals surface area contributed by atoms with Crippen LogP contribution in [-0.2, 0) is 29.3 Å². The van der Waals surface area contributed by atoms with E-state index in [1.807, 2.05) is 0 Å². The molecule has 27 heavy (non-hydrogen) atoms. The monoisotopic (exact) mass is 395 g/mol. The molecule has 4 nitrogen and oxygen atoms in total. The van der Waals surface area contributed by atoms with Crippen molar-refractivity contribution in [1.29, 1.82) is 0 Å². The lowest BCUT2D eigenvalue weighted by Gasteiger charge is -2.23. The number of alkyl halides is 3. The van der Waals surface area contributed by atoms with Crippen molar-refractivity contribution in [1.82, 2.24) is 4.31 Å². The standard InChI is InChI=1S/C19H16F3NO3S/c20-19(21,22)17-10-4-5-11-18(17)27(24,25)23(14-16-9-6-12-26-16)13-15-7-2-1-3-8-15/h1-12H,13-14H2. The Labute approximate surface area is 154 Å². The van der Waals surface area contributed by atoms with Crippen LogP contribution in [0.15, 0.2) is 82.3 Å². The van der Waals surface area contributed by atoms with Crippen LogP contribution in [0.25, 0.3) is 0 Å². The minimum absolute atomic E-state index is 0.0872. The highest BCUT2D eigenvalue weighted by molar-refractivity contribution is 7.89. The Hall–Kier alpha value is -2.58. The van der Waals surface area contributed by atoms with E-state index in [0.29, 0.717) is 11.3 Å². The average Bonchev–Trinajstić information content (AvgIpc) is 3.14. The molecule has 2 aromatic carbocycles. The van der Waals surface area contributed by atoms with Gasteiger partial charge in [0, 0.05) is 6.54 Å². The molecule has 8 heteroatoms. The fourth-order valence-electron chi connectivity index (χ4n) is 2.65. The molecule has 0 unspecified atom stereocenters. The normalized spacial score (nSPS) is 12.4. The highest BCUT2D eigenvalue weighted by Gasteiger charge is 2.39. The Morgan fingerprint density at radius 2 is 1.52 bits per heavy atom. The first-order valence-corrected chi connectivity index (χ1v) is 9.45. The number of benzene rings is 2. The van der Waals surface area contributed by atoms with Crippen molar-refractivity contribution in [2.75, 3.05) is 0 Å². The quantitative estimate of drug-likeness (QED) is 0.608. The molecule has 0 amide bonds. The molecule has 0 radical (unpaired) electrons. The van der Waals surface area contributed by atoms with Gasteiger partial charge in [-0.3, -0.25) is 0 Å². The number of halogens is 3. The van der Waals surface area contributed by atoms with E-state index in [1.54, 1.807) is 42.5 Å². The van der Waals surface area contributed by atoms with Crippen LogP contribution >= 0.6 is 0 Å². The third-order valence-corrected chi connectivity index (χ3v) is 5.77. The zero-order valence-corrected chi connectivity index (χ0v) is 14.9. The SMILES string of the molecule is O=S(=O)(c1ccccc1C(F)(F)F)N(Cc1ccccc1)Cc1ccco1. The second-order valence-electron chi connectivity index (χ2n) is 5.83. The van der Waals surface area contributed by atoms with Crippen LogP contribution < -0.4 is 0 Å². The van der Waals surface area contributed by atoms with Gasteiger partial charge in [-0.05, 0) is 29.8 Å². The largest absolute Gasteiger partial charge is 0.468 e. The summed E-state index contributed by atoms with van der Waals surface area (Å²) >= 11 is 0. The van der Waals surface area contributed by atoms with Gasteiger partial charge >= 0.3 is 6.18 Å². The summed E-state index contributed by atoms with van der Waals surface area (Å²) in [6.07, 6.45) is -3.40. The predicted octanol–water partition coefficient (Wildman–Crippen LogP) is 4.69. The van der Waals surface area contributed by atoms with E-state index < -0.39 is 26.7 Å². The molecule has 3 rings (SSSR count). The molecule has 0 spiro atoms. The Kier molecular flexibility index (Phi) is 5.38. The van der Waals surface area contributed by atoms with E-state index in [-0.39, 0.29) is 13.1 Å². The molecule has 0 atom stereocenters. The van der Waals surface area contributed by atoms with E-state index in [4.69, 9.17) is 4.42 Å². The van der Waals surface area contributed by atoms with E-state index in [0.717, 1.165) is 22.5 Å². The molecule has 0 aliphatic heterocycles. The molecular weight excluding hydrogens is 379 g/mol. The minimum atomic E-state index is -4.78. The van der Waals surface area contributed by atoms with Gasteiger partial charge in [0.2, 0.25) is 10.0 Å². The van der Waals surface area contributed by atoms with E-state index in [9.17, 15) is 21.6 Å². The lowest BCUT2D eigenvalue weighted by molar-refractivity contribution is -0.139. The Balaban J connectivity index is 2.05. The van der Waals surface area contributed by atoms with Gasteiger partial charge in [0.05, 0.1) is 23.3 Å². The zero-order chi connectivity index (χ0) is 19.5. The second kappa shape index (κ2) is 7.58. The minimum Gasteiger partial charge on any atom is -0.468 e. The molecule has 3 aromatic rings. The van der Waals surface area contributed by atoms with Crippen LogP contribution in [0.4, 0.5) is 13.2 Å². The summed E-state index contributed by atoms with van der Waals surface area (Å²) in [5.41, 5.74) is -0.542. The van der Waals surface area contributed by atoms with Crippen molar-refractivity contribution in [3.05, 3.63) is 89.9 Å². The Morgan fingerprint density at radius 3 is 2.15 bits per heavy atom. The molecule has 0 saturated heterocycles. The number of rotatable bonds is 6. The Bertz CT molecular complexity index is 985. The maximum atomic E-state index is 13.3. The van der Waals surface area contributed by atoms with Crippen LogP contribution in [0.5, 0.6) is 0 Å². The van der Waals surface area contributed by atoms with Crippen LogP contribution in [0.1, 0.15) is 16.9 Å². The number of furan rings is 1. The number of hydrogen-bond acceptors (Lipinski definition) is 3. The summed E-state index contributed by atoms with van der Waals surface area (Å²) in [6.45, 7) is -0.271. The molecule has 0 aliphatic carbocycles. The average molecular weight is 395 g/mol. The number of nitrogens with zero attached hydrogens (tertiary/aromatic N) is 1. The highest BCUT2D eigenvalue weighted by Crippen LogP contribution is 2.35.